The standard InChI is InChI=1S/C12H11FN4O3/c13-9-5-8(6-10(7-9)17(19)20)12(18)16-2-1-11-14-3-4-15-11/h3-7H,1-2H2,(H,14,15)(H,16,18). The van der Waals surface area contributed by atoms with Gasteiger partial charge in [0.25, 0.3) is 11.6 Å². The second kappa shape index (κ2) is 5.91. The molecule has 2 aromatic rings. The number of rotatable bonds is 5. The van der Waals surface area contributed by atoms with Gasteiger partial charge in [-0.2, -0.15) is 0 Å². The van der Waals surface area contributed by atoms with Crippen molar-refractivity contribution in [3.8, 4) is 0 Å². The number of nitrogens with zero attached hydrogens (tertiary/aromatic N) is 2. The second-order valence-electron chi connectivity index (χ2n) is 4.00. The average Bonchev–Trinajstić information content (AvgIpc) is 2.91. The third kappa shape index (κ3) is 3.37. The smallest absolute Gasteiger partial charge is 0.273 e. The number of aromatic nitrogens is 2. The highest BCUT2D eigenvalue weighted by Crippen LogP contribution is 2.16. The van der Waals surface area contributed by atoms with E-state index in [-0.39, 0.29) is 12.1 Å². The Kier molecular flexibility index (Phi) is 4.04. The number of hydrogen-bond acceptors (Lipinski definition) is 4. The van der Waals surface area contributed by atoms with Gasteiger partial charge in [-0.15, -0.1) is 0 Å². The Morgan fingerprint density at radius 3 is 2.90 bits per heavy atom. The molecule has 0 saturated carbocycles. The summed E-state index contributed by atoms with van der Waals surface area (Å²) in [5, 5.41) is 13.1. The largest absolute Gasteiger partial charge is 0.352 e. The first kappa shape index (κ1) is 13.7. The zero-order chi connectivity index (χ0) is 14.5. The van der Waals surface area contributed by atoms with E-state index in [1.165, 1.54) is 0 Å². The van der Waals surface area contributed by atoms with Crippen molar-refractivity contribution in [2.24, 2.45) is 0 Å². The van der Waals surface area contributed by atoms with Crippen LogP contribution in [-0.2, 0) is 6.42 Å². The SMILES string of the molecule is O=C(NCCc1ncc[nH]1)c1cc(F)cc([N+](=O)[O-])c1. The van der Waals surface area contributed by atoms with Gasteiger partial charge in [0.05, 0.1) is 11.0 Å². The number of benzene rings is 1. The Morgan fingerprint density at radius 1 is 1.45 bits per heavy atom. The van der Waals surface area contributed by atoms with E-state index in [9.17, 15) is 19.3 Å². The summed E-state index contributed by atoms with van der Waals surface area (Å²) >= 11 is 0. The van der Waals surface area contributed by atoms with Crippen molar-refractivity contribution in [3.63, 3.8) is 0 Å². The van der Waals surface area contributed by atoms with Crippen molar-refractivity contribution >= 4 is 11.6 Å². The molecular formula is C12H11FN4O3. The Balaban J connectivity index is 2.00. The molecule has 0 atom stereocenters. The topological polar surface area (TPSA) is 101 Å². The number of imidazole rings is 1. The molecule has 20 heavy (non-hydrogen) atoms. The fourth-order valence-corrected chi connectivity index (χ4v) is 1.64. The fourth-order valence-electron chi connectivity index (χ4n) is 1.64. The van der Waals surface area contributed by atoms with Gasteiger partial charge < -0.3 is 10.3 Å². The molecular weight excluding hydrogens is 267 g/mol. The lowest BCUT2D eigenvalue weighted by Crippen LogP contribution is -2.26. The maximum absolute atomic E-state index is 13.2. The lowest BCUT2D eigenvalue weighted by molar-refractivity contribution is -0.385. The number of H-pyrrole nitrogens is 1. The molecule has 2 rings (SSSR count). The molecule has 1 amide bonds. The summed E-state index contributed by atoms with van der Waals surface area (Å²) in [6.07, 6.45) is 3.73. The maximum atomic E-state index is 13.2. The third-order valence-electron chi connectivity index (χ3n) is 2.56. The minimum Gasteiger partial charge on any atom is -0.352 e. The summed E-state index contributed by atoms with van der Waals surface area (Å²) in [6.45, 7) is 0.288. The molecule has 2 N–H and O–H groups in total. The van der Waals surface area contributed by atoms with Gasteiger partial charge >= 0.3 is 0 Å². The Hall–Kier alpha value is -2.77. The van der Waals surface area contributed by atoms with Crippen molar-refractivity contribution in [1.82, 2.24) is 15.3 Å². The minimum atomic E-state index is -0.824. The van der Waals surface area contributed by atoms with Crippen molar-refractivity contribution in [2.75, 3.05) is 6.54 Å². The van der Waals surface area contributed by atoms with Crippen LogP contribution < -0.4 is 5.32 Å². The van der Waals surface area contributed by atoms with Crippen LogP contribution in [0.5, 0.6) is 0 Å². The highest BCUT2D eigenvalue weighted by atomic mass is 19.1. The lowest BCUT2D eigenvalue weighted by Gasteiger charge is -2.04. The van der Waals surface area contributed by atoms with Gasteiger partial charge in [0.2, 0.25) is 0 Å². The summed E-state index contributed by atoms with van der Waals surface area (Å²) in [4.78, 5) is 28.5. The molecule has 0 saturated heterocycles. The highest BCUT2D eigenvalue weighted by molar-refractivity contribution is 5.94. The fraction of sp³-hybridized carbons (Fsp3) is 0.167. The summed E-state index contributed by atoms with van der Waals surface area (Å²) in [6, 6.07) is 2.75. The van der Waals surface area contributed by atoms with E-state index in [2.05, 4.69) is 15.3 Å². The van der Waals surface area contributed by atoms with Crippen LogP contribution in [0.1, 0.15) is 16.2 Å². The molecule has 0 fully saturated rings. The van der Waals surface area contributed by atoms with E-state index in [4.69, 9.17) is 0 Å². The van der Waals surface area contributed by atoms with Crippen LogP contribution in [0.3, 0.4) is 0 Å². The molecule has 0 radical (unpaired) electrons. The molecule has 7 nitrogen and oxygen atoms in total. The third-order valence-corrected chi connectivity index (χ3v) is 2.56. The van der Waals surface area contributed by atoms with Crippen LogP contribution in [0.4, 0.5) is 10.1 Å². The van der Waals surface area contributed by atoms with Gasteiger partial charge in [-0.05, 0) is 6.07 Å². The van der Waals surface area contributed by atoms with Crippen LogP contribution in [0, 0.1) is 15.9 Å². The van der Waals surface area contributed by atoms with E-state index in [0.29, 0.717) is 12.2 Å². The van der Waals surface area contributed by atoms with E-state index in [1.807, 2.05) is 0 Å². The predicted octanol–water partition coefficient (Wildman–Crippen LogP) is 1.43. The number of hydrogen-bond donors (Lipinski definition) is 2. The van der Waals surface area contributed by atoms with Crippen LogP contribution in [0.25, 0.3) is 0 Å². The van der Waals surface area contributed by atoms with E-state index >= 15 is 0 Å². The zero-order valence-corrected chi connectivity index (χ0v) is 10.3. The van der Waals surface area contributed by atoms with Gasteiger partial charge in [0.1, 0.15) is 11.6 Å². The molecule has 8 heteroatoms. The summed E-state index contributed by atoms with van der Waals surface area (Å²) in [7, 11) is 0. The monoisotopic (exact) mass is 278 g/mol. The van der Waals surface area contributed by atoms with Crippen molar-refractivity contribution in [1.29, 1.82) is 0 Å². The first-order valence-corrected chi connectivity index (χ1v) is 5.77. The van der Waals surface area contributed by atoms with Gasteiger partial charge in [0, 0.05) is 37.0 Å². The molecule has 0 aliphatic rings. The first-order valence-electron chi connectivity index (χ1n) is 5.77. The van der Waals surface area contributed by atoms with Crippen molar-refractivity contribution < 1.29 is 14.1 Å². The van der Waals surface area contributed by atoms with Gasteiger partial charge in [-0.1, -0.05) is 0 Å². The number of non-ortho nitro benzene ring substituents is 1. The lowest BCUT2D eigenvalue weighted by atomic mass is 10.2. The quantitative estimate of drug-likeness (QED) is 0.638. The molecule has 1 heterocycles. The summed E-state index contributed by atoms with van der Waals surface area (Å²) in [5.41, 5.74) is -0.544. The number of nitro benzene ring substituents is 1. The van der Waals surface area contributed by atoms with E-state index in [0.717, 1.165) is 18.2 Å². The number of nitro groups is 1. The van der Waals surface area contributed by atoms with E-state index in [1.54, 1.807) is 12.4 Å². The second-order valence-corrected chi connectivity index (χ2v) is 4.00. The number of carbonyl (C=O) groups excluding carboxylic acids is 1. The van der Waals surface area contributed by atoms with Crippen LogP contribution in [0.2, 0.25) is 0 Å². The van der Waals surface area contributed by atoms with Crippen LogP contribution >= 0.6 is 0 Å². The van der Waals surface area contributed by atoms with Crippen LogP contribution in [-0.4, -0.2) is 27.3 Å². The Morgan fingerprint density at radius 2 is 2.25 bits per heavy atom. The summed E-state index contributed by atoms with van der Waals surface area (Å²) < 4.78 is 13.2. The number of amides is 1. The molecule has 104 valence electrons. The van der Waals surface area contributed by atoms with Gasteiger partial charge in [0.15, 0.2) is 0 Å². The molecule has 0 aliphatic carbocycles. The normalized spacial score (nSPS) is 10.2. The van der Waals surface area contributed by atoms with Gasteiger partial charge in [-0.25, -0.2) is 9.37 Å². The molecule has 0 unspecified atom stereocenters. The van der Waals surface area contributed by atoms with Crippen molar-refractivity contribution in [3.05, 3.63) is 57.9 Å². The number of halogens is 1. The number of aromatic amines is 1. The number of nitrogens with one attached hydrogen (secondary N) is 2. The molecule has 0 bridgehead atoms. The first-order chi connectivity index (χ1) is 9.56. The van der Waals surface area contributed by atoms with Gasteiger partial charge in [-0.3, -0.25) is 14.9 Å². The molecule has 1 aromatic carbocycles. The molecule has 1 aromatic heterocycles. The minimum absolute atomic E-state index is 0.0869. The predicted molar refractivity (Wildman–Crippen MR) is 67.7 cm³/mol. The van der Waals surface area contributed by atoms with E-state index < -0.39 is 22.3 Å². The maximum Gasteiger partial charge on any atom is 0.273 e. The summed E-state index contributed by atoms with van der Waals surface area (Å²) in [5.74, 6) is -0.690. The van der Waals surface area contributed by atoms with Crippen molar-refractivity contribution in [2.45, 2.75) is 6.42 Å². The highest BCUT2D eigenvalue weighted by Gasteiger charge is 2.14. The number of carbonyl (C=O) groups is 1. The zero-order valence-electron chi connectivity index (χ0n) is 10.3. The molecule has 0 aliphatic heterocycles. The Bertz CT molecular complexity index is 628. The molecule has 0 spiro atoms. The average molecular weight is 278 g/mol. The van der Waals surface area contributed by atoms with Crippen LogP contribution in [0.15, 0.2) is 30.6 Å². The Labute approximate surface area is 113 Å².